The van der Waals surface area contributed by atoms with Gasteiger partial charge in [0, 0.05) is 24.5 Å². The van der Waals surface area contributed by atoms with Gasteiger partial charge in [-0.1, -0.05) is 12.1 Å². The van der Waals surface area contributed by atoms with Crippen LogP contribution in [0.25, 0.3) is 22.1 Å². The molecule has 7 heteroatoms. The Labute approximate surface area is 131 Å². The smallest absolute Gasteiger partial charge is 0.297 e. The number of likely N-dealkylation sites (tertiary alicyclic amines) is 1. The second kappa shape index (κ2) is 5.20. The fourth-order valence-corrected chi connectivity index (χ4v) is 2.99. The molecule has 2 N–H and O–H groups in total. The molecule has 0 radical (unpaired) electrons. The molecule has 1 fully saturated rings. The first-order chi connectivity index (χ1) is 11.1. The maximum atomic E-state index is 12.5. The van der Waals surface area contributed by atoms with E-state index in [9.17, 15) is 9.59 Å². The molecule has 23 heavy (non-hydrogen) atoms. The number of hydrogen-bond acceptors (Lipinski definition) is 5. The van der Waals surface area contributed by atoms with Crippen LogP contribution >= 0.6 is 0 Å². The predicted octanol–water partition coefficient (Wildman–Crippen LogP) is 0.702. The van der Waals surface area contributed by atoms with Gasteiger partial charge in [0.2, 0.25) is 11.5 Å². The highest BCUT2D eigenvalue weighted by Gasteiger charge is 2.24. The molecule has 4 rings (SSSR count). The van der Waals surface area contributed by atoms with Gasteiger partial charge in [-0.05, 0) is 18.6 Å². The van der Waals surface area contributed by atoms with Crippen molar-refractivity contribution in [1.82, 2.24) is 14.5 Å². The van der Waals surface area contributed by atoms with Crippen LogP contribution in [0.3, 0.4) is 0 Å². The van der Waals surface area contributed by atoms with Crippen molar-refractivity contribution in [3.05, 3.63) is 40.9 Å². The highest BCUT2D eigenvalue weighted by atomic mass is 16.3. The van der Waals surface area contributed by atoms with E-state index >= 15 is 0 Å². The topological polar surface area (TPSA) is 94.4 Å². The molecule has 0 aliphatic carbocycles. The number of nitrogens with two attached hydrogens (primary N) is 1. The number of carbonyl (C=O) groups excluding carboxylic acids is 1. The number of amides is 1. The Kier molecular flexibility index (Phi) is 3.16. The molecule has 1 atom stereocenters. The maximum absolute atomic E-state index is 12.5. The number of carbonyl (C=O) groups is 1. The van der Waals surface area contributed by atoms with Crippen LogP contribution in [0.4, 0.5) is 0 Å². The van der Waals surface area contributed by atoms with E-state index in [1.165, 1.54) is 10.9 Å². The van der Waals surface area contributed by atoms with Crippen LogP contribution in [0.5, 0.6) is 0 Å². The van der Waals surface area contributed by atoms with Crippen LogP contribution in [0.15, 0.2) is 39.8 Å². The lowest BCUT2D eigenvalue weighted by atomic mass is 10.2. The molecule has 1 aromatic carbocycles. The van der Waals surface area contributed by atoms with Crippen LogP contribution in [0, 0.1) is 0 Å². The third kappa shape index (κ3) is 2.29. The number of nitrogens with zero attached hydrogens (tertiary/aromatic N) is 3. The van der Waals surface area contributed by atoms with Gasteiger partial charge >= 0.3 is 0 Å². The molecular weight excluding hydrogens is 296 g/mol. The lowest BCUT2D eigenvalue weighted by Crippen LogP contribution is -2.36. The first kappa shape index (κ1) is 14.0. The maximum Gasteiger partial charge on any atom is 0.297 e. The lowest BCUT2D eigenvalue weighted by molar-refractivity contribution is -0.130. The van der Waals surface area contributed by atoms with Gasteiger partial charge in [0.25, 0.3) is 5.56 Å². The number of hydrogen-bond donors (Lipinski definition) is 1. The van der Waals surface area contributed by atoms with Crippen molar-refractivity contribution in [1.29, 1.82) is 0 Å². The molecule has 1 aliphatic rings. The summed E-state index contributed by atoms with van der Waals surface area (Å²) in [6.07, 6.45) is 2.20. The Hall–Kier alpha value is -2.67. The number of rotatable bonds is 2. The highest BCUT2D eigenvalue weighted by molar-refractivity contribution is 6.01. The van der Waals surface area contributed by atoms with E-state index in [0.29, 0.717) is 24.2 Å². The minimum absolute atomic E-state index is 0.0200. The first-order valence-corrected chi connectivity index (χ1v) is 7.53. The van der Waals surface area contributed by atoms with Crippen molar-refractivity contribution in [3.63, 3.8) is 0 Å². The van der Waals surface area contributed by atoms with E-state index in [-0.39, 0.29) is 29.6 Å². The molecule has 0 spiro atoms. The first-order valence-electron chi connectivity index (χ1n) is 7.53. The minimum Gasteiger partial charge on any atom is -0.448 e. The van der Waals surface area contributed by atoms with Crippen molar-refractivity contribution < 1.29 is 9.21 Å². The van der Waals surface area contributed by atoms with Gasteiger partial charge in [-0.15, -0.1) is 0 Å². The molecule has 2 aromatic heterocycles. The van der Waals surface area contributed by atoms with Crippen molar-refractivity contribution in [2.45, 2.75) is 19.0 Å². The molecule has 0 saturated carbocycles. The summed E-state index contributed by atoms with van der Waals surface area (Å²) in [4.78, 5) is 30.8. The summed E-state index contributed by atoms with van der Waals surface area (Å²) in [6.45, 7) is 1.12. The molecule has 3 aromatic rings. The van der Waals surface area contributed by atoms with Gasteiger partial charge in [0.15, 0.2) is 0 Å². The van der Waals surface area contributed by atoms with Crippen molar-refractivity contribution in [3.8, 4) is 0 Å². The van der Waals surface area contributed by atoms with Crippen LogP contribution in [0.1, 0.15) is 6.42 Å². The van der Waals surface area contributed by atoms with Crippen LogP contribution in [-0.2, 0) is 11.3 Å². The summed E-state index contributed by atoms with van der Waals surface area (Å²) in [5.41, 5.74) is 6.79. The second-order valence-electron chi connectivity index (χ2n) is 5.84. The Morgan fingerprint density at radius 3 is 3.00 bits per heavy atom. The molecular formula is C16H16N4O3. The van der Waals surface area contributed by atoms with E-state index in [4.69, 9.17) is 10.2 Å². The summed E-state index contributed by atoms with van der Waals surface area (Å²) >= 11 is 0. The molecule has 1 aliphatic heterocycles. The Morgan fingerprint density at radius 2 is 2.22 bits per heavy atom. The molecule has 7 nitrogen and oxygen atoms in total. The number of furan rings is 1. The van der Waals surface area contributed by atoms with Crippen LogP contribution in [0.2, 0.25) is 0 Å². The predicted molar refractivity (Wildman–Crippen MR) is 84.9 cm³/mol. The molecule has 3 heterocycles. The van der Waals surface area contributed by atoms with Gasteiger partial charge in [0.05, 0.1) is 6.33 Å². The van der Waals surface area contributed by atoms with E-state index in [1.54, 1.807) is 11.0 Å². The Morgan fingerprint density at radius 1 is 1.39 bits per heavy atom. The van der Waals surface area contributed by atoms with E-state index < -0.39 is 0 Å². The number of para-hydroxylation sites is 1. The van der Waals surface area contributed by atoms with Gasteiger partial charge in [0.1, 0.15) is 17.6 Å². The van der Waals surface area contributed by atoms with Crippen LogP contribution < -0.4 is 11.3 Å². The normalized spacial score (nSPS) is 18.1. The lowest BCUT2D eigenvalue weighted by Gasteiger charge is -2.16. The number of fused-ring (bicyclic) bond motifs is 3. The van der Waals surface area contributed by atoms with Gasteiger partial charge in [-0.3, -0.25) is 14.2 Å². The minimum atomic E-state index is -0.344. The third-order valence-corrected chi connectivity index (χ3v) is 4.23. The SMILES string of the molecule is N[C@@H]1CCN(C(=O)Cn2cnc3c(oc4ccccc43)c2=O)C1. The second-order valence-corrected chi connectivity index (χ2v) is 5.84. The molecule has 1 saturated heterocycles. The Balaban J connectivity index is 1.71. The van der Waals surface area contributed by atoms with Crippen molar-refractivity contribution in [2.75, 3.05) is 13.1 Å². The zero-order chi connectivity index (χ0) is 16.0. The molecule has 1 amide bonds. The van der Waals surface area contributed by atoms with Gasteiger partial charge in [-0.2, -0.15) is 0 Å². The summed E-state index contributed by atoms with van der Waals surface area (Å²) < 4.78 is 6.90. The fourth-order valence-electron chi connectivity index (χ4n) is 2.99. The highest BCUT2D eigenvalue weighted by Crippen LogP contribution is 2.24. The van der Waals surface area contributed by atoms with Gasteiger partial charge < -0.3 is 15.1 Å². The largest absolute Gasteiger partial charge is 0.448 e. The summed E-state index contributed by atoms with van der Waals surface area (Å²) in [5, 5.41) is 0.795. The summed E-state index contributed by atoms with van der Waals surface area (Å²) in [6, 6.07) is 7.37. The van der Waals surface area contributed by atoms with E-state index in [0.717, 1.165) is 11.8 Å². The standard InChI is InChI=1S/C16H16N4O3/c17-10-5-6-19(7-10)13(21)8-20-9-18-14-11-3-1-2-4-12(11)23-15(14)16(20)22/h1-4,9-10H,5-8,17H2/t10-/m1/s1. The number of aromatic nitrogens is 2. The quantitative estimate of drug-likeness (QED) is 0.752. The number of benzene rings is 1. The van der Waals surface area contributed by atoms with E-state index in [2.05, 4.69) is 4.98 Å². The third-order valence-electron chi connectivity index (χ3n) is 4.23. The summed E-state index contributed by atoms with van der Waals surface area (Å²) in [7, 11) is 0. The molecule has 0 bridgehead atoms. The monoisotopic (exact) mass is 312 g/mol. The average Bonchev–Trinajstić information content (AvgIpc) is 3.14. The Bertz CT molecular complexity index is 959. The van der Waals surface area contributed by atoms with Crippen molar-refractivity contribution >= 4 is 28.0 Å². The zero-order valence-corrected chi connectivity index (χ0v) is 12.4. The van der Waals surface area contributed by atoms with Gasteiger partial charge in [-0.25, -0.2) is 4.98 Å². The molecule has 118 valence electrons. The molecule has 0 unspecified atom stereocenters. The van der Waals surface area contributed by atoms with Crippen LogP contribution in [-0.4, -0.2) is 39.5 Å². The zero-order valence-electron chi connectivity index (χ0n) is 12.4. The average molecular weight is 312 g/mol. The fraction of sp³-hybridized carbons (Fsp3) is 0.312. The van der Waals surface area contributed by atoms with Crippen molar-refractivity contribution in [2.24, 2.45) is 5.73 Å². The van der Waals surface area contributed by atoms with E-state index in [1.807, 2.05) is 18.2 Å². The summed E-state index contributed by atoms with van der Waals surface area (Å²) in [5.74, 6) is -0.127.